The maximum Gasteiger partial charge on any atom is 0.259 e. The molecule has 2 aromatic rings. The van der Waals surface area contributed by atoms with Crippen LogP contribution in [0.5, 0.6) is 0 Å². The average molecular weight is 334 g/mol. The molecule has 0 aliphatic carbocycles. The molecular weight excluding hydrogens is 312 g/mol. The number of para-hydroxylation sites is 1. The summed E-state index contributed by atoms with van der Waals surface area (Å²) in [5, 5.41) is 11.0. The van der Waals surface area contributed by atoms with E-state index in [1.54, 1.807) is 4.90 Å². The minimum atomic E-state index is -0.450. The van der Waals surface area contributed by atoms with E-state index in [4.69, 9.17) is 0 Å². The molecule has 1 fully saturated rings. The largest absolute Gasteiger partial charge is 0.509 e. The molecule has 0 aromatic heterocycles. The number of nitrogens with zero attached hydrogens (tertiary/aromatic N) is 2. The third-order valence-electron chi connectivity index (χ3n) is 5.03. The molecule has 4 rings (SSSR count). The number of aliphatic hydroxyl groups is 1. The second-order valence-electron chi connectivity index (χ2n) is 6.67. The first kappa shape index (κ1) is 15.9. The highest BCUT2D eigenvalue weighted by Gasteiger charge is 2.41. The highest BCUT2D eigenvalue weighted by Crippen LogP contribution is 2.40. The third-order valence-corrected chi connectivity index (χ3v) is 5.03. The van der Waals surface area contributed by atoms with Gasteiger partial charge in [-0.05, 0) is 43.6 Å². The molecule has 1 N–H and O–H groups in total. The van der Waals surface area contributed by atoms with Crippen molar-refractivity contribution in [3.63, 3.8) is 0 Å². The second kappa shape index (κ2) is 6.73. The first-order valence-corrected chi connectivity index (χ1v) is 8.83. The zero-order chi connectivity index (χ0) is 17.2. The summed E-state index contributed by atoms with van der Waals surface area (Å²) >= 11 is 0. The third kappa shape index (κ3) is 2.94. The van der Waals surface area contributed by atoms with Crippen LogP contribution >= 0.6 is 0 Å². The lowest BCUT2D eigenvalue weighted by molar-refractivity contribution is -0.115. The minimum absolute atomic E-state index is 0.0931. The van der Waals surface area contributed by atoms with Gasteiger partial charge in [0.1, 0.15) is 11.8 Å². The fraction of sp³-hybridized carbons (Fsp3) is 0.286. The summed E-state index contributed by atoms with van der Waals surface area (Å²) in [4.78, 5) is 17.1. The van der Waals surface area contributed by atoms with E-state index in [-0.39, 0.29) is 11.7 Å². The Bertz CT molecular complexity index is 780. The van der Waals surface area contributed by atoms with Gasteiger partial charge in [0.2, 0.25) is 0 Å². The predicted octanol–water partition coefficient (Wildman–Crippen LogP) is 3.68. The van der Waals surface area contributed by atoms with Crippen molar-refractivity contribution in [1.29, 1.82) is 0 Å². The van der Waals surface area contributed by atoms with Crippen LogP contribution < -0.4 is 4.90 Å². The van der Waals surface area contributed by atoms with Gasteiger partial charge in [0, 0.05) is 12.2 Å². The zero-order valence-corrected chi connectivity index (χ0v) is 14.1. The van der Waals surface area contributed by atoms with Crippen molar-refractivity contribution in [2.24, 2.45) is 0 Å². The van der Waals surface area contributed by atoms with Crippen molar-refractivity contribution >= 4 is 11.6 Å². The first-order chi connectivity index (χ1) is 12.3. The van der Waals surface area contributed by atoms with Crippen molar-refractivity contribution in [3.8, 4) is 0 Å². The van der Waals surface area contributed by atoms with Crippen molar-refractivity contribution < 1.29 is 9.90 Å². The summed E-state index contributed by atoms with van der Waals surface area (Å²) < 4.78 is 0. The van der Waals surface area contributed by atoms with Crippen molar-refractivity contribution in [2.45, 2.75) is 18.9 Å². The van der Waals surface area contributed by atoms with Gasteiger partial charge in [-0.15, -0.1) is 0 Å². The van der Waals surface area contributed by atoms with Gasteiger partial charge >= 0.3 is 0 Å². The quantitative estimate of drug-likeness (QED) is 0.927. The van der Waals surface area contributed by atoms with Crippen LogP contribution in [0, 0.1) is 0 Å². The highest BCUT2D eigenvalue weighted by molar-refractivity contribution is 6.10. The molecule has 0 saturated carbocycles. The SMILES string of the molecule is O=C1C(CN2CCCC2)=C(O)C(c2ccccc2)N1c1ccccc1. The maximum absolute atomic E-state index is 13.2. The van der Waals surface area contributed by atoms with Crippen molar-refractivity contribution in [3.05, 3.63) is 77.6 Å². The molecule has 2 aromatic carbocycles. The van der Waals surface area contributed by atoms with E-state index in [9.17, 15) is 9.90 Å². The Morgan fingerprint density at radius 3 is 2.16 bits per heavy atom. The molecule has 2 aliphatic heterocycles. The minimum Gasteiger partial charge on any atom is -0.509 e. The fourth-order valence-corrected chi connectivity index (χ4v) is 3.77. The zero-order valence-electron chi connectivity index (χ0n) is 14.1. The molecule has 1 unspecified atom stereocenters. The van der Waals surface area contributed by atoms with Crippen LogP contribution in [0.3, 0.4) is 0 Å². The molecule has 1 atom stereocenters. The van der Waals surface area contributed by atoms with Crippen LogP contribution in [0.1, 0.15) is 24.4 Å². The topological polar surface area (TPSA) is 43.8 Å². The molecule has 0 bridgehead atoms. The molecule has 2 aliphatic rings. The normalized spacial score (nSPS) is 21.4. The summed E-state index contributed by atoms with van der Waals surface area (Å²) in [6.07, 6.45) is 2.32. The molecule has 4 nitrogen and oxygen atoms in total. The highest BCUT2D eigenvalue weighted by atomic mass is 16.3. The maximum atomic E-state index is 13.2. The van der Waals surface area contributed by atoms with E-state index in [1.165, 1.54) is 0 Å². The number of amides is 1. The molecular formula is C21H22N2O2. The molecule has 1 saturated heterocycles. The number of rotatable bonds is 4. The van der Waals surface area contributed by atoms with Crippen LogP contribution in [-0.2, 0) is 4.79 Å². The van der Waals surface area contributed by atoms with Gasteiger partial charge in [0.15, 0.2) is 0 Å². The van der Waals surface area contributed by atoms with Gasteiger partial charge in [-0.2, -0.15) is 0 Å². The Balaban J connectivity index is 1.74. The number of anilines is 1. The second-order valence-corrected chi connectivity index (χ2v) is 6.67. The Morgan fingerprint density at radius 2 is 1.52 bits per heavy atom. The Labute approximate surface area is 148 Å². The van der Waals surface area contributed by atoms with Gasteiger partial charge in [-0.1, -0.05) is 48.5 Å². The summed E-state index contributed by atoms with van der Waals surface area (Å²) in [6, 6.07) is 18.9. The number of aliphatic hydroxyl groups excluding tert-OH is 1. The van der Waals surface area contributed by atoms with E-state index in [2.05, 4.69) is 4.90 Å². The number of benzene rings is 2. The van der Waals surface area contributed by atoms with Crippen molar-refractivity contribution in [2.75, 3.05) is 24.5 Å². The summed E-state index contributed by atoms with van der Waals surface area (Å²) in [6.45, 7) is 2.51. The lowest BCUT2D eigenvalue weighted by Crippen LogP contribution is -2.32. The van der Waals surface area contributed by atoms with E-state index >= 15 is 0 Å². The summed E-state index contributed by atoms with van der Waals surface area (Å²) in [5.74, 6) is 0.0939. The summed E-state index contributed by atoms with van der Waals surface area (Å²) in [5.41, 5.74) is 2.26. The Hall–Kier alpha value is -2.59. The van der Waals surface area contributed by atoms with Gasteiger partial charge in [-0.25, -0.2) is 0 Å². The number of carbonyl (C=O) groups excluding carboxylic acids is 1. The van der Waals surface area contributed by atoms with Crippen LogP contribution in [-0.4, -0.2) is 35.5 Å². The monoisotopic (exact) mass is 334 g/mol. The lowest BCUT2D eigenvalue weighted by Gasteiger charge is -2.26. The molecule has 25 heavy (non-hydrogen) atoms. The van der Waals surface area contributed by atoms with Crippen LogP contribution in [0.2, 0.25) is 0 Å². The first-order valence-electron chi connectivity index (χ1n) is 8.83. The lowest BCUT2D eigenvalue weighted by atomic mass is 10.0. The summed E-state index contributed by atoms with van der Waals surface area (Å²) in [7, 11) is 0. The molecule has 0 spiro atoms. The standard InChI is InChI=1S/C21H22N2O2/c24-20-18(15-22-13-7-8-14-22)21(25)23(17-11-5-2-6-12-17)19(20)16-9-3-1-4-10-16/h1-6,9-12,19,24H,7-8,13-15H2. The number of hydrogen-bond acceptors (Lipinski definition) is 3. The fourth-order valence-electron chi connectivity index (χ4n) is 3.77. The Kier molecular flexibility index (Phi) is 4.28. The molecule has 1 amide bonds. The smallest absolute Gasteiger partial charge is 0.259 e. The van der Waals surface area contributed by atoms with Crippen LogP contribution in [0.15, 0.2) is 72.0 Å². The van der Waals surface area contributed by atoms with Gasteiger partial charge in [-0.3, -0.25) is 14.6 Å². The molecule has 2 heterocycles. The van der Waals surface area contributed by atoms with Gasteiger partial charge < -0.3 is 5.11 Å². The van der Waals surface area contributed by atoms with E-state index in [0.29, 0.717) is 12.1 Å². The van der Waals surface area contributed by atoms with Crippen molar-refractivity contribution in [1.82, 2.24) is 4.90 Å². The molecule has 128 valence electrons. The average Bonchev–Trinajstić information content (AvgIpc) is 3.25. The van der Waals surface area contributed by atoms with Crippen LogP contribution in [0.25, 0.3) is 0 Å². The molecule has 4 heteroatoms. The van der Waals surface area contributed by atoms with Gasteiger partial charge in [0.05, 0.1) is 5.57 Å². The number of carbonyl (C=O) groups is 1. The number of hydrogen-bond donors (Lipinski definition) is 1. The predicted molar refractivity (Wildman–Crippen MR) is 98.4 cm³/mol. The van der Waals surface area contributed by atoms with E-state index in [0.717, 1.165) is 37.2 Å². The number of likely N-dealkylation sites (tertiary alicyclic amines) is 1. The van der Waals surface area contributed by atoms with E-state index in [1.807, 2.05) is 60.7 Å². The van der Waals surface area contributed by atoms with Gasteiger partial charge in [0.25, 0.3) is 5.91 Å². The Morgan fingerprint density at radius 1 is 0.920 bits per heavy atom. The van der Waals surface area contributed by atoms with Crippen LogP contribution in [0.4, 0.5) is 5.69 Å². The molecule has 0 radical (unpaired) electrons. The van der Waals surface area contributed by atoms with E-state index < -0.39 is 6.04 Å².